The number of rotatable bonds is 12. The van der Waals surface area contributed by atoms with Crippen LogP contribution in [-0.4, -0.2) is 79.3 Å². The standard InChI is InChI=1S/C35H46FN5O5/c1-23(2)46-33-16-24(3)26(17-32(33)37-21-42)20-41(22-43)27-10-12-39(13-11-27)19-25-8-14-40(15-9-25)28-4-5-29(31(36)18-28)30-6-7-34(44)38-35(30)45/h4-5,16-18,21-23,25,27,30H,6-15,19-20H2,1-3H3,(H,37,42)(H,38,44,45). The van der Waals surface area contributed by atoms with Crippen LogP contribution in [0.4, 0.5) is 15.8 Å². The van der Waals surface area contributed by atoms with E-state index in [1.165, 1.54) is 6.07 Å². The highest BCUT2D eigenvalue weighted by atomic mass is 19.1. The highest BCUT2D eigenvalue weighted by Crippen LogP contribution is 2.33. The molecule has 1 unspecified atom stereocenters. The number of benzene rings is 2. The minimum Gasteiger partial charge on any atom is -0.489 e. The number of nitrogens with zero attached hydrogens (tertiary/aromatic N) is 3. The first kappa shape index (κ1) is 33.4. The fourth-order valence-corrected chi connectivity index (χ4v) is 7.03. The molecule has 0 radical (unpaired) electrons. The molecule has 3 aliphatic heterocycles. The van der Waals surface area contributed by atoms with Crippen molar-refractivity contribution in [3.05, 3.63) is 52.8 Å². The van der Waals surface area contributed by atoms with Crippen molar-refractivity contribution in [2.24, 2.45) is 5.92 Å². The van der Waals surface area contributed by atoms with Crippen LogP contribution < -0.4 is 20.3 Å². The Kier molecular flexibility index (Phi) is 10.9. The van der Waals surface area contributed by atoms with Gasteiger partial charge in [0.15, 0.2) is 0 Å². The molecule has 4 amide bonds. The molecule has 2 aromatic carbocycles. The van der Waals surface area contributed by atoms with Gasteiger partial charge in [-0.15, -0.1) is 0 Å². The van der Waals surface area contributed by atoms with Crippen LogP contribution in [0.25, 0.3) is 0 Å². The Hall–Kier alpha value is -3.99. The minimum atomic E-state index is -0.626. The SMILES string of the molecule is Cc1cc(OC(C)C)c(NC=O)cc1CN(C=O)C1CCN(CC2CCN(c3ccc(C4CCC(=O)NC4=O)c(F)c3)CC2)CC1. The quantitative estimate of drug-likeness (QED) is 0.264. The Morgan fingerprint density at radius 3 is 2.41 bits per heavy atom. The van der Waals surface area contributed by atoms with Crippen LogP contribution in [0.3, 0.4) is 0 Å². The number of anilines is 2. The lowest BCUT2D eigenvalue weighted by Gasteiger charge is -2.40. The maximum Gasteiger partial charge on any atom is 0.234 e. The van der Waals surface area contributed by atoms with Gasteiger partial charge < -0.3 is 24.8 Å². The van der Waals surface area contributed by atoms with E-state index in [2.05, 4.69) is 20.4 Å². The number of piperidine rings is 3. The van der Waals surface area contributed by atoms with Crippen LogP contribution in [-0.2, 0) is 25.7 Å². The predicted octanol–water partition coefficient (Wildman–Crippen LogP) is 4.35. The summed E-state index contributed by atoms with van der Waals surface area (Å²) in [4.78, 5) is 53.7. The number of carbonyl (C=O) groups is 4. The summed E-state index contributed by atoms with van der Waals surface area (Å²) < 4.78 is 20.9. The van der Waals surface area contributed by atoms with E-state index in [-0.39, 0.29) is 24.5 Å². The minimum absolute atomic E-state index is 0.0304. The van der Waals surface area contributed by atoms with Crippen molar-refractivity contribution in [3.63, 3.8) is 0 Å². The number of likely N-dealkylation sites (tertiary alicyclic amines) is 1. The number of hydrogen-bond donors (Lipinski definition) is 2. The first-order valence-corrected chi connectivity index (χ1v) is 16.5. The van der Waals surface area contributed by atoms with E-state index in [9.17, 15) is 19.2 Å². The van der Waals surface area contributed by atoms with Gasteiger partial charge in [0.05, 0.1) is 17.7 Å². The molecule has 46 heavy (non-hydrogen) atoms. The molecule has 3 fully saturated rings. The van der Waals surface area contributed by atoms with Gasteiger partial charge in [0.25, 0.3) is 0 Å². The van der Waals surface area contributed by atoms with E-state index in [0.29, 0.717) is 42.3 Å². The van der Waals surface area contributed by atoms with Crippen molar-refractivity contribution in [1.29, 1.82) is 0 Å². The number of ether oxygens (including phenoxy) is 1. The van der Waals surface area contributed by atoms with Crippen LogP contribution in [0, 0.1) is 18.7 Å². The highest BCUT2D eigenvalue weighted by molar-refractivity contribution is 6.01. The van der Waals surface area contributed by atoms with E-state index in [1.807, 2.05) is 43.9 Å². The number of hydrogen-bond acceptors (Lipinski definition) is 7. The van der Waals surface area contributed by atoms with Gasteiger partial charge in [0.2, 0.25) is 24.6 Å². The molecule has 2 aromatic rings. The van der Waals surface area contributed by atoms with E-state index < -0.39 is 17.6 Å². The molecule has 10 nitrogen and oxygen atoms in total. The largest absolute Gasteiger partial charge is 0.489 e. The second kappa shape index (κ2) is 15.1. The lowest BCUT2D eigenvalue weighted by molar-refractivity contribution is -0.134. The summed E-state index contributed by atoms with van der Waals surface area (Å²) >= 11 is 0. The van der Waals surface area contributed by atoms with Crippen molar-refractivity contribution in [3.8, 4) is 5.75 Å². The second-order valence-electron chi connectivity index (χ2n) is 13.2. The number of nitrogens with one attached hydrogen (secondary N) is 2. The van der Waals surface area contributed by atoms with Crippen molar-refractivity contribution >= 4 is 36.0 Å². The van der Waals surface area contributed by atoms with Crippen molar-refractivity contribution in [1.82, 2.24) is 15.1 Å². The van der Waals surface area contributed by atoms with Gasteiger partial charge in [-0.1, -0.05) is 6.07 Å². The third-order valence-corrected chi connectivity index (χ3v) is 9.62. The summed E-state index contributed by atoms with van der Waals surface area (Å²) in [6.07, 6.45) is 5.96. The van der Waals surface area contributed by atoms with Crippen molar-refractivity contribution < 1.29 is 28.3 Å². The molecule has 0 aromatic heterocycles. The lowest BCUT2D eigenvalue weighted by Crippen LogP contribution is -2.46. The van der Waals surface area contributed by atoms with Crippen LogP contribution in [0.2, 0.25) is 0 Å². The Balaban J connectivity index is 1.09. The smallest absolute Gasteiger partial charge is 0.234 e. The number of aryl methyl sites for hydroxylation is 1. The maximum absolute atomic E-state index is 15.1. The molecule has 1 atom stereocenters. The molecule has 3 saturated heterocycles. The van der Waals surface area contributed by atoms with Gasteiger partial charge >= 0.3 is 0 Å². The molecule has 0 bridgehead atoms. The molecule has 0 spiro atoms. The second-order valence-corrected chi connectivity index (χ2v) is 13.2. The molecule has 3 heterocycles. The summed E-state index contributed by atoms with van der Waals surface area (Å²) in [6, 6.07) is 9.09. The van der Waals surface area contributed by atoms with Gasteiger partial charge in [0.1, 0.15) is 11.6 Å². The van der Waals surface area contributed by atoms with Gasteiger partial charge in [-0.2, -0.15) is 0 Å². The molecule has 11 heteroatoms. The molecule has 248 valence electrons. The number of carbonyl (C=O) groups excluding carboxylic acids is 4. The van der Waals surface area contributed by atoms with E-state index >= 15 is 4.39 Å². The van der Waals surface area contributed by atoms with Gasteiger partial charge in [-0.05, 0) is 94.2 Å². The average molecular weight is 636 g/mol. The monoisotopic (exact) mass is 635 g/mol. The molecule has 0 aliphatic carbocycles. The molecule has 2 N–H and O–H groups in total. The van der Waals surface area contributed by atoms with Crippen molar-refractivity contribution in [2.75, 3.05) is 42.9 Å². The zero-order valence-electron chi connectivity index (χ0n) is 27.1. The van der Waals surface area contributed by atoms with E-state index in [4.69, 9.17) is 4.74 Å². The fourth-order valence-electron chi connectivity index (χ4n) is 7.03. The first-order chi connectivity index (χ1) is 22.1. The summed E-state index contributed by atoms with van der Waals surface area (Å²) in [6.45, 7) is 10.9. The third-order valence-electron chi connectivity index (χ3n) is 9.62. The van der Waals surface area contributed by atoms with Gasteiger partial charge in [0, 0.05) is 63.0 Å². The van der Waals surface area contributed by atoms with Crippen LogP contribution in [0.15, 0.2) is 30.3 Å². The van der Waals surface area contributed by atoms with Gasteiger partial charge in [-0.3, -0.25) is 24.5 Å². The van der Waals surface area contributed by atoms with Crippen LogP contribution in [0.1, 0.15) is 75.0 Å². The number of amides is 4. The fraction of sp³-hybridized carbons (Fsp3) is 0.543. The summed E-state index contributed by atoms with van der Waals surface area (Å²) in [5.74, 6) is -0.574. The number of imide groups is 1. The summed E-state index contributed by atoms with van der Waals surface area (Å²) in [7, 11) is 0. The molecule has 3 aliphatic rings. The zero-order valence-corrected chi connectivity index (χ0v) is 27.1. The molecular weight excluding hydrogens is 589 g/mol. The summed E-state index contributed by atoms with van der Waals surface area (Å²) in [5, 5.41) is 5.05. The Bertz CT molecular complexity index is 1420. The van der Waals surface area contributed by atoms with Crippen LogP contribution in [0.5, 0.6) is 5.75 Å². The van der Waals surface area contributed by atoms with E-state index in [1.54, 1.807) is 6.07 Å². The average Bonchev–Trinajstić information content (AvgIpc) is 3.03. The van der Waals surface area contributed by atoms with Gasteiger partial charge in [-0.25, -0.2) is 4.39 Å². The molecular formula is C35H46FN5O5. The normalized spacial score (nSPS) is 20.0. The zero-order chi connectivity index (χ0) is 32.8. The Morgan fingerprint density at radius 1 is 1.04 bits per heavy atom. The lowest BCUT2D eigenvalue weighted by atomic mass is 9.89. The van der Waals surface area contributed by atoms with E-state index in [0.717, 1.165) is 81.6 Å². The predicted molar refractivity (Wildman–Crippen MR) is 174 cm³/mol. The third kappa shape index (κ3) is 8.04. The highest BCUT2D eigenvalue weighted by Gasteiger charge is 2.31. The Morgan fingerprint density at radius 2 is 1.78 bits per heavy atom. The first-order valence-electron chi connectivity index (χ1n) is 16.5. The van der Waals surface area contributed by atoms with Crippen molar-refractivity contribution in [2.45, 2.75) is 83.9 Å². The molecule has 5 rings (SSSR count). The summed E-state index contributed by atoms with van der Waals surface area (Å²) in [5.41, 5.74) is 3.77. The number of halogens is 1. The maximum atomic E-state index is 15.1. The Labute approximate surface area is 270 Å². The topological polar surface area (TPSA) is 111 Å². The molecule has 0 saturated carbocycles. The van der Waals surface area contributed by atoms with Crippen LogP contribution >= 0.6 is 0 Å².